The smallest absolute Gasteiger partial charge is 0.253 e. The van der Waals surface area contributed by atoms with Crippen molar-refractivity contribution in [3.05, 3.63) is 0 Å². The van der Waals surface area contributed by atoms with Crippen molar-refractivity contribution in [2.45, 2.75) is 52.0 Å². The molecule has 0 amide bonds. The second kappa shape index (κ2) is 4.56. The van der Waals surface area contributed by atoms with Crippen LogP contribution in [-0.4, -0.2) is 30.0 Å². The Morgan fingerprint density at radius 1 is 1.36 bits per heavy atom. The van der Waals surface area contributed by atoms with Crippen molar-refractivity contribution < 1.29 is 8.78 Å². The minimum atomic E-state index is -2.35. The summed E-state index contributed by atoms with van der Waals surface area (Å²) in [4.78, 5) is 2.22. The van der Waals surface area contributed by atoms with Gasteiger partial charge in [0.05, 0.1) is 0 Å². The maximum absolute atomic E-state index is 13.0. The van der Waals surface area contributed by atoms with Crippen LogP contribution in [-0.2, 0) is 0 Å². The Labute approximate surface area is 85.5 Å². The summed E-state index contributed by atoms with van der Waals surface area (Å²) >= 11 is 0. The lowest BCUT2D eigenvalue weighted by Gasteiger charge is -2.30. The van der Waals surface area contributed by atoms with E-state index in [0.717, 1.165) is 19.4 Å². The predicted molar refractivity (Wildman–Crippen MR) is 54.7 cm³/mol. The molecule has 1 heterocycles. The molecule has 1 saturated heterocycles. The molecule has 0 radical (unpaired) electrons. The van der Waals surface area contributed by atoms with Crippen molar-refractivity contribution in [3.63, 3.8) is 0 Å². The number of piperidine rings is 1. The van der Waals surface area contributed by atoms with Gasteiger partial charge in [0, 0.05) is 24.9 Å². The van der Waals surface area contributed by atoms with Crippen LogP contribution in [0.1, 0.15) is 40.0 Å². The molecule has 1 saturated carbocycles. The lowest BCUT2D eigenvalue weighted by molar-refractivity contribution is -0.0671. The molecular weight excluding hydrogens is 184 g/mol. The van der Waals surface area contributed by atoms with Crippen LogP contribution in [0, 0.1) is 5.92 Å². The fraction of sp³-hybridized carbons (Fsp3) is 1.00. The Morgan fingerprint density at radius 3 is 2.36 bits per heavy atom. The van der Waals surface area contributed by atoms with Crippen molar-refractivity contribution in [1.82, 2.24) is 4.90 Å². The van der Waals surface area contributed by atoms with Gasteiger partial charge in [-0.05, 0) is 19.4 Å². The van der Waals surface area contributed by atoms with Gasteiger partial charge in [-0.3, -0.25) is 4.90 Å². The van der Waals surface area contributed by atoms with Crippen LogP contribution in [0.5, 0.6) is 0 Å². The number of hydrogen-bond acceptors (Lipinski definition) is 1. The summed E-state index contributed by atoms with van der Waals surface area (Å²) < 4.78 is 26.1. The summed E-state index contributed by atoms with van der Waals surface area (Å²) in [5.41, 5.74) is 0. The monoisotopic (exact) mass is 205 g/mol. The molecule has 1 nitrogen and oxygen atoms in total. The number of hydrogen-bond donors (Lipinski definition) is 0. The molecule has 3 heteroatoms. The van der Waals surface area contributed by atoms with Crippen LogP contribution in [0.3, 0.4) is 0 Å². The fourth-order valence-electron chi connectivity index (χ4n) is 2.54. The van der Waals surface area contributed by atoms with Gasteiger partial charge in [-0.1, -0.05) is 20.8 Å². The van der Waals surface area contributed by atoms with Gasteiger partial charge in [-0.25, -0.2) is 8.78 Å². The van der Waals surface area contributed by atoms with Crippen molar-refractivity contribution in [3.8, 4) is 0 Å². The number of halogens is 2. The van der Waals surface area contributed by atoms with Crippen molar-refractivity contribution in [1.29, 1.82) is 0 Å². The van der Waals surface area contributed by atoms with Crippen molar-refractivity contribution in [2.75, 3.05) is 13.1 Å². The van der Waals surface area contributed by atoms with Gasteiger partial charge in [0.25, 0.3) is 5.92 Å². The Morgan fingerprint density at radius 2 is 2.00 bits per heavy atom. The average Bonchev–Trinajstić information content (AvgIpc) is 2.64. The predicted octanol–water partition coefficient (Wildman–Crippen LogP) is 3.15. The third-order valence-corrected chi connectivity index (χ3v) is 3.14. The van der Waals surface area contributed by atoms with E-state index >= 15 is 0 Å². The van der Waals surface area contributed by atoms with E-state index in [9.17, 15) is 8.78 Å². The minimum Gasteiger partial charge on any atom is -0.300 e. The van der Waals surface area contributed by atoms with E-state index in [1.165, 1.54) is 0 Å². The zero-order chi connectivity index (χ0) is 10.8. The van der Waals surface area contributed by atoms with Gasteiger partial charge in [0.15, 0.2) is 0 Å². The molecule has 2 aliphatic rings. The van der Waals surface area contributed by atoms with Crippen LogP contribution in [0.2, 0.25) is 0 Å². The molecule has 1 aliphatic heterocycles. The third-order valence-electron chi connectivity index (χ3n) is 3.14. The quantitative estimate of drug-likeness (QED) is 0.669. The van der Waals surface area contributed by atoms with Gasteiger partial charge in [0.2, 0.25) is 0 Å². The first-order valence-electron chi connectivity index (χ1n) is 5.75. The Balaban J connectivity index is 0.000000461. The molecule has 0 aromatic carbocycles. The Bertz CT molecular complexity index is 182. The first-order valence-corrected chi connectivity index (χ1v) is 5.75. The molecule has 2 unspecified atom stereocenters. The van der Waals surface area contributed by atoms with E-state index < -0.39 is 5.92 Å². The second-order valence-electron chi connectivity index (χ2n) is 4.05. The normalized spacial score (nSPS) is 34.1. The summed E-state index contributed by atoms with van der Waals surface area (Å²) in [5.74, 6) is -2.69. The van der Waals surface area contributed by atoms with Crippen molar-refractivity contribution in [2.24, 2.45) is 5.92 Å². The van der Waals surface area contributed by atoms with Crippen LogP contribution in [0.4, 0.5) is 8.78 Å². The van der Waals surface area contributed by atoms with E-state index in [0.29, 0.717) is 6.54 Å². The molecule has 2 rings (SSSR count). The molecule has 0 aromatic rings. The van der Waals surface area contributed by atoms with Gasteiger partial charge in [-0.15, -0.1) is 0 Å². The topological polar surface area (TPSA) is 3.24 Å². The minimum absolute atomic E-state index is 0.109. The SMILES string of the molecule is CC.CCCN1CC2CC1CC2(F)F. The average molecular weight is 205 g/mol. The van der Waals surface area contributed by atoms with Crippen LogP contribution in [0.15, 0.2) is 0 Å². The summed E-state index contributed by atoms with van der Waals surface area (Å²) in [6.45, 7) is 7.73. The highest BCUT2D eigenvalue weighted by Crippen LogP contribution is 2.47. The Kier molecular flexibility index (Phi) is 3.87. The summed E-state index contributed by atoms with van der Waals surface area (Å²) in [6, 6.07) is 0.185. The molecule has 14 heavy (non-hydrogen) atoms. The van der Waals surface area contributed by atoms with E-state index in [2.05, 4.69) is 11.8 Å². The second-order valence-corrected chi connectivity index (χ2v) is 4.05. The van der Waals surface area contributed by atoms with Gasteiger partial charge >= 0.3 is 0 Å². The fourth-order valence-corrected chi connectivity index (χ4v) is 2.54. The molecule has 2 atom stereocenters. The number of fused-ring (bicyclic) bond motifs is 2. The highest BCUT2D eigenvalue weighted by atomic mass is 19.3. The van der Waals surface area contributed by atoms with Gasteiger partial charge in [-0.2, -0.15) is 0 Å². The highest BCUT2D eigenvalue weighted by Gasteiger charge is 2.55. The lowest BCUT2D eigenvalue weighted by atomic mass is 10.1. The van der Waals surface area contributed by atoms with E-state index in [4.69, 9.17) is 0 Å². The molecule has 2 bridgehead atoms. The highest BCUT2D eigenvalue weighted by molar-refractivity contribution is 5.01. The molecule has 0 N–H and O–H groups in total. The summed E-state index contributed by atoms with van der Waals surface area (Å²) in [5, 5.41) is 0. The maximum Gasteiger partial charge on any atom is 0.253 e. The molecule has 84 valence electrons. The van der Waals surface area contributed by atoms with Crippen LogP contribution in [0.25, 0.3) is 0 Å². The van der Waals surface area contributed by atoms with Crippen LogP contribution < -0.4 is 0 Å². The molecule has 1 aliphatic carbocycles. The zero-order valence-electron chi connectivity index (χ0n) is 9.39. The molecule has 0 spiro atoms. The van der Waals surface area contributed by atoms with Crippen LogP contribution >= 0.6 is 0 Å². The molecule has 2 fully saturated rings. The third kappa shape index (κ3) is 2.08. The zero-order valence-corrected chi connectivity index (χ0v) is 9.39. The van der Waals surface area contributed by atoms with Gasteiger partial charge in [0.1, 0.15) is 0 Å². The lowest BCUT2D eigenvalue weighted by Crippen LogP contribution is -2.41. The molecule has 0 aromatic heterocycles. The number of alkyl halides is 2. The van der Waals surface area contributed by atoms with E-state index in [1.807, 2.05) is 13.8 Å². The Hall–Kier alpha value is -0.180. The molecular formula is C11H21F2N. The number of likely N-dealkylation sites (tertiary alicyclic amines) is 1. The van der Waals surface area contributed by atoms with Crippen molar-refractivity contribution >= 4 is 0 Å². The number of nitrogens with zero attached hydrogens (tertiary/aromatic N) is 1. The first-order chi connectivity index (χ1) is 6.63. The van der Waals surface area contributed by atoms with E-state index in [1.54, 1.807) is 0 Å². The largest absolute Gasteiger partial charge is 0.300 e. The number of rotatable bonds is 2. The summed E-state index contributed by atoms with van der Waals surface area (Å²) in [6.07, 6.45) is 1.92. The van der Waals surface area contributed by atoms with E-state index in [-0.39, 0.29) is 18.4 Å². The first kappa shape index (κ1) is 11.9. The van der Waals surface area contributed by atoms with Gasteiger partial charge < -0.3 is 0 Å². The maximum atomic E-state index is 13.0. The standard InChI is InChI=1S/C9H15F2N.C2H6/c1-2-3-12-6-7-4-8(12)5-9(7,10)11;1-2/h7-8H,2-6H2,1H3;1-2H3. The summed E-state index contributed by atoms with van der Waals surface area (Å²) in [7, 11) is 0.